The normalized spacial score (nSPS) is 12.8. The second-order valence-corrected chi connectivity index (χ2v) is 9.88. The Bertz CT molecular complexity index is 376. The Morgan fingerprint density at radius 2 is 1.10 bits per heavy atom. The molecule has 0 saturated carbocycles. The summed E-state index contributed by atoms with van der Waals surface area (Å²) in [5, 5.41) is 9.80. The van der Waals surface area contributed by atoms with Crippen molar-refractivity contribution >= 4 is 5.97 Å². The number of aliphatic hydroxyl groups excluding tert-OH is 1. The van der Waals surface area contributed by atoms with Gasteiger partial charge in [0.2, 0.25) is 0 Å². The molecule has 4 heteroatoms. The number of aliphatic hydroxyl groups is 1. The minimum absolute atomic E-state index is 0.00899. The zero-order chi connectivity index (χ0) is 22.5. The Kier molecular flexibility index (Phi) is 19.9. The van der Waals surface area contributed by atoms with E-state index in [-0.39, 0.29) is 19.2 Å². The molecule has 0 amide bonds. The quantitative estimate of drug-likeness (QED) is 0.155. The SMILES string of the molecule is CCCCCCCCCCCCCCCCCCOCC(O)COC(=O)C(C)(C)C. The van der Waals surface area contributed by atoms with Crippen molar-refractivity contribution in [2.75, 3.05) is 19.8 Å². The first-order valence-electron chi connectivity index (χ1n) is 12.8. The third kappa shape index (κ3) is 20.7. The second-order valence-electron chi connectivity index (χ2n) is 9.88. The number of carbonyl (C=O) groups is 1. The Labute approximate surface area is 187 Å². The Balaban J connectivity index is 3.22. The fourth-order valence-corrected chi connectivity index (χ4v) is 3.41. The lowest BCUT2D eigenvalue weighted by molar-refractivity contribution is -0.157. The van der Waals surface area contributed by atoms with Crippen LogP contribution >= 0.6 is 0 Å². The van der Waals surface area contributed by atoms with E-state index in [1.807, 2.05) is 0 Å². The van der Waals surface area contributed by atoms with E-state index in [0.717, 1.165) is 6.42 Å². The van der Waals surface area contributed by atoms with Gasteiger partial charge in [0, 0.05) is 6.61 Å². The minimum atomic E-state index is -0.739. The first kappa shape index (κ1) is 29.4. The maximum atomic E-state index is 11.6. The van der Waals surface area contributed by atoms with Crippen molar-refractivity contribution in [2.24, 2.45) is 5.41 Å². The van der Waals surface area contributed by atoms with Gasteiger partial charge in [0.25, 0.3) is 0 Å². The average Bonchev–Trinajstić information content (AvgIpc) is 2.70. The number of unbranched alkanes of at least 4 members (excludes halogenated alkanes) is 15. The molecule has 0 aliphatic rings. The van der Waals surface area contributed by atoms with Crippen molar-refractivity contribution < 1.29 is 19.4 Å². The molecule has 0 heterocycles. The highest BCUT2D eigenvalue weighted by atomic mass is 16.5. The predicted molar refractivity (Wildman–Crippen MR) is 127 cm³/mol. The third-order valence-corrected chi connectivity index (χ3v) is 5.47. The van der Waals surface area contributed by atoms with Crippen molar-refractivity contribution in [3.8, 4) is 0 Å². The monoisotopic (exact) mass is 428 g/mol. The molecule has 180 valence electrons. The summed E-state index contributed by atoms with van der Waals surface area (Å²) in [7, 11) is 0. The van der Waals surface area contributed by atoms with E-state index in [2.05, 4.69) is 6.92 Å². The second kappa shape index (κ2) is 20.3. The molecule has 1 N–H and O–H groups in total. The summed E-state index contributed by atoms with van der Waals surface area (Å²) in [5.74, 6) is -0.292. The summed E-state index contributed by atoms with van der Waals surface area (Å²) >= 11 is 0. The molecule has 0 aliphatic heterocycles. The largest absolute Gasteiger partial charge is 0.462 e. The van der Waals surface area contributed by atoms with Crippen LogP contribution in [0.3, 0.4) is 0 Å². The number of ether oxygens (including phenoxy) is 2. The summed E-state index contributed by atoms with van der Waals surface area (Å²) in [6, 6.07) is 0. The molecule has 0 aromatic rings. The van der Waals surface area contributed by atoms with Crippen LogP contribution in [0, 0.1) is 5.41 Å². The van der Waals surface area contributed by atoms with Gasteiger partial charge in [-0.3, -0.25) is 4.79 Å². The summed E-state index contributed by atoms with van der Waals surface area (Å²) < 4.78 is 10.6. The van der Waals surface area contributed by atoms with Gasteiger partial charge in [-0.25, -0.2) is 0 Å². The first-order chi connectivity index (χ1) is 14.4. The molecule has 0 aromatic heterocycles. The highest BCUT2D eigenvalue weighted by molar-refractivity contribution is 5.75. The minimum Gasteiger partial charge on any atom is -0.462 e. The van der Waals surface area contributed by atoms with Gasteiger partial charge in [-0.1, -0.05) is 103 Å². The Morgan fingerprint density at radius 3 is 1.50 bits per heavy atom. The zero-order valence-electron chi connectivity index (χ0n) is 20.7. The van der Waals surface area contributed by atoms with E-state index in [9.17, 15) is 9.90 Å². The van der Waals surface area contributed by atoms with Crippen LogP contribution in [0.4, 0.5) is 0 Å². The number of esters is 1. The van der Waals surface area contributed by atoms with Gasteiger partial charge in [0.1, 0.15) is 12.7 Å². The Morgan fingerprint density at radius 1 is 0.700 bits per heavy atom. The van der Waals surface area contributed by atoms with Gasteiger partial charge < -0.3 is 14.6 Å². The van der Waals surface area contributed by atoms with Gasteiger partial charge in [0.15, 0.2) is 0 Å². The standard InChI is InChI=1S/C26H52O4/c1-5-6-7-8-9-10-11-12-13-14-15-16-17-18-19-20-21-29-22-24(27)23-30-25(28)26(2,3)4/h24,27H,5-23H2,1-4H3. The number of carbonyl (C=O) groups excluding carboxylic acids is 1. The molecule has 0 radical (unpaired) electrons. The first-order valence-corrected chi connectivity index (χ1v) is 12.8. The number of hydrogen-bond donors (Lipinski definition) is 1. The van der Waals surface area contributed by atoms with Gasteiger partial charge in [-0.2, -0.15) is 0 Å². The number of rotatable bonds is 21. The summed E-state index contributed by atoms with van der Waals surface area (Å²) in [6.07, 6.45) is 21.0. The highest BCUT2D eigenvalue weighted by Gasteiger charge is 2.23. The predicted octanol–water partition coefficient (Wildman–Crippen LogP) is 7.21. The third-order valence-electron chi connectivity index (χ3n) is 5.47. The van der Waals surface area contributed by atoms with E-state index in [4.69, 9.17) is 9.47 Å². The maximum Gasteiger partial charge on any atom is 0.311 e. The van der Waals surface area contributed by atoms with E-state index in [1.54, 1.807) is 20.8 Å². The highest BCUT2D eigenvalue weighted by Crippen LogP contribution is 2.15. The topological polar surface area (TPSA) is 55.8 Å². The molecule has 0 bridgehead atoms. The molecule has 4 nitrogen and oxygen atoms in total. The molecule has 1 unspecified atom stereocenters. The smallest absolute Gasteiger partial charge is 0.311 e. The number of hydrogen-bond acceptors (Lipinski definition) is 4. The average molecular weight is 429 g/mol. The fraction of sp³-hybridized carbons (Fsp3) is 0.962. The van der Waals surface area contributed by atoms with Crippen LogP contribution in [0.5, 0.6) is 0 Å². The van der Waals surface area contributed by atoms with E-state index in [1.165, 1.54) is 96.3 Å². The van der Waals surface area contributed by atoms with Gasteiger partial charge >= 0.3 is 5.97 Å². The summed E-state index contributed by atoms with van der Waals surface area (Å²) in [6.45, 7) is 8.59. The van der Waals surface area contributed by atoms with E-state index < -0.39 is 11.5 Å². The van der Waals surface area contributed by atoms with Gasteiger partial charge in [0.05, 0.1) is 12.0 Å². The van der Waals surface area contributed by atoms with Crippen molar-refractivity contribution in [3.63, 3.8) is 0 Å². The summed E-state index contributed by atoms with van der Waals surface area (Å²) in [5.41, 5.74) is -0.534. The molecule has 0 rings (SSSR count). The summed E-state index contributed by atoms with van der Waals surface area (Å²) in [4.78, 5) is 11.6. The van der Waals surface area contributed by atoms with Gasteiger partial charge in [-0.05, 0) is 27.2 Å². The lowest BCUT2D eigenvalue weighted by Crippen LogP contribution is -2.29. The molecule has 0 aliphatic carbocycles. The van der Waals surface area contributed by atoms with Crippen molar-refractivity contribution in [1.29, 1.82) is 0 Å². The van der Waals surface area contributed by atoms with Crippen molar-refractivity contribution in [1.82, 2.24) is 0 Å². The van der Waals surface area contributed by atoms with Crippen LogP contribution in [0.2, 0.25) is 0 Å². The molecular weight excluding hydrogens is 376 g/mol. The van der Waals surface area contributed by atoms with E-state index in [0.29, 0.717) is 6.61 Å². The molecule has 0 saturated heterocycles. The van der Waals surface area contributed by atoms with Crippen LogP contribution in [0.25, 0.3) is 0 Å². The molecule has 0 spiro atoms. The lowest BCUT2D eigenvalue weighted by atomic mass is 9.97. The maximum absolute atomic E-state index is 11.6. The van der Waals surface area contributed by atoms with Gasteiger partial charge in [-0.15, -0.1) is 0 Å². The van der Waals surface area contributed by atoms with Crippen LogP contribution in [-0.2, 0) is 14.3 Å². The van der Waals surface area contributed by atoms with Crippen molar-refractivity contribution in [3.05, 3.63) is 0 Å². The lowest BCUT2D eigenvalue weighted by Gasteiger charge is -2.18. The van der Waals surface area contributed by atoms with Crippen LogP contribution in [-0.4, -0.2) is 37.0 Å². The zero-order valence-corrected chi connectivity index (χ0v) is 20.7. The molecule has 30 heavy (non-hydrogen) atoms. The molecule has 0 fully saturated rings. The van der Waals surface area contributed by atoms with Crippen LogP contribution < -0.4 is 0 Å². The molecular formula is C26H52O4. The Hall–Kier alpha value is -0.610. The molecule has 0 aromatic carbocycles. The molecule has 1 atom stereocenters. The van der Waals surface area contributed by atoms with E-state index >= 15 is 0 Å². The fourth-order valence-electron chi connectivity index (χ4n) is 3.41. The van der Waals surface area contributed by atoms with Crippen LogP contribution in [0.1, 0.15) is 130 Å². The van der Waals surface area contributed by atoms with Crippen molar-refractivity contribution in [2.45, 2.75) is 137 Å². The van der Waals surface area contributed by atoms with Crippen LogP contribution in [0.15, 0.2) is 0 Å².